The van der Waals surface area contributed by atoms with Gasteiger partial charge in [0.2, 0.25) is 11.8 Å². The van der Waals surface area contributed by atoms with Crippen LogP contribution in [0.15, 0.2) is 72.8 Å². The van der Waals surface area contributed by atoms with E-state index in [1.807, 2.05) is 18.2 Å². The fourth-order valence-corrected chi connectivity index (χ4v) is 11.2. The van der Waals surface area contributed by atoms with Crippen LogP contribution in [0.4, 0.5) is 22.9 Å². The van der Waals surface area contributed by atoms with Crippen molar-refractivity contribution < 1.29 is 19.4 Å². The summed E-state index contributed by atoms with van der Waals surface area (Å²) in [6.07, 6.45) is 11.4. The van der Waals surface area contributed by atoms with Gasteiger partial charge in [-0.15, -0.1) is 10.2 Å². The number of phenols is 1. The molecule has 6 heterocycles. The first-order valence-electron chi connectivity index (χ1n) is 21.5. The SMILES string of the molecule is Nc1nnc(-c2ccccc2O)cc1N1C[C@H]2CC[C@@H](C1)N2c1cccc(OC2CCN(C3CCC(c4cccc5c4CCN5[C@@H]4CCC(=O)NC4=O)CC3)CC2)c1. The molecule has 58 heavy (non-hydrogen) atoms. The number of aromatic hydroxyl groups is 1. The van der Waals surface area contributed by atoms with Crippen LogP contribution in [0.1, 0.15) is 81.3 Å². The molecule has 12 heteroatoms. The minimum Gasteiger partial charge on any atom is -0.507 e. The molecule has 0 spiro atoms. The van der Waals surface area contributed by atoms with Crippen LogP contribution >= 0.6 is 0 Å². The molecule has 4 saturated heterocycles. The summed E-state index contributed by atoms with van der Waals surface area (Å²) in [5, 5.41) is 21.6. The molecule has 4 N–H and O–H groups in total. The van der Waals surface area contributed by atoms with E-state index < -0.39 is 0 Å². The molecule has 0 unspecified atom stereocenters. The van der Waals surface area contributed by atoms with E-state index in [-0.39, 0.29) is 29.7 Å². The number of imide groups is 1. The number of ether oxygens (including phenoxy) is 1. The van der Waals surface area contributed by atoms with Crippen molar-refractivity contribution in [2.24, 2.45) is 0 Å². The van der Waals surface area contributed by atoms with Crippen molar-refractivity contribution in [1.29, 1.82) is 0 Å². The van der Waals surface area contributed by atoms with Gasteiger partial charge in [-0.2, -0.15) is 0 Å². The summed E-state index contributed by atoms with van der Waals surface area (Å²) in [7, 11) is 0. The third-order valence-electron chi connectivity index (χ3n) is 14.0. The number of rotatable bonds is 8. The molecule has 0 radical (unpaired) electrons. The number of likely N-dealkylation sites (tertiary alicyclic amines) is 1. The smallest absolute Gasteiger partial charge is 0.249 e. The minimum atomic E-state index is -0.247. The van der Waals surface area contributed by atoms with Gasteiger partial charge in [0.1, 0.15) is 23.6 Å². The Labute approximate surface area is 340 Å². The van der Waals surface area contributed by atoms with Gasteiger partial charge in [-0.3, -0.25) is 14.9 Å². The first-order valence-corrected chi connectivity index (χ1v) is 21.5. The molecule has 2 amide bonds. The Morgan fingerprint density at radius 1 is 0.741 bits per heavy atom. The second-order valence-corrected chi connectivity index (χ2v) is 17.3. The Bertz CT molecular complexity index is 2170. The minimum absolute atomic E-state index is 0.149. The Balaban J connectivity index is 0.726. The zero-order chi connectivity index (χ0) is 39.3. The Morgan fingerprint density at radius 2 is 1.50 bits per heavy atom. The van der Waals surface area contributed by atoms with Gasteiger partial charge in [-0.1, -0.05) is 30.3 Å². The van der Waals surface area contributed by atoms with E-state index in [1.54, 1.807) is 12.1 Å². The van der Waals surface area contributed by atoms with Crippen molar-refractivity contribution >= 4 is 34.7 Å². The van der Waals surface area contributed by atoms with Crippen molar-refractivity contribution in [2.75, 3.05) is 53.2 Å². The number of phenolic OH excluding ortho intramolecular Hbond substituents is 1. The maximum atomic E-state index is 12.7. The van der Waals surface area contributed by atoms with Gasteiger partial charge in [-0.05, 0) is 118 Å². The van der Waals surface area contributed by atoms with E-state index in [2.05, 4.69) is 77.6 Å². The van der Waals surface area contributed by atoms with Crippen molar-refractivity contribution in [1.82, 2.24) is 20.4 Å². The number of carbonyl (C=O) groups excluding carboxylic acids is 2. The van der Waals surface area contributed by atoms with Crippen molar-refractivity contribution in [2.45, 2.75) is 107 Å². The highest BCUT2D eigenvalue weighted by Gasteiger charge is 2.41. The lowest BCUT2D eigenvalue weighted by Gasteiger charge is -2.43. The topological polar surface area (TPSA) is 140 Å². The molecule has 302 valence electrons. The first-order chi connectivity index (χ1) is 28.4. The van der Waals surface area contributed by atoms with Gasteiger partial charge in [-0.25, -0.2) is 0 Å². The molecular formula is C46H54N8O4. The highest BCUT2D eigenvalue weighted by molar-refractivity contribution is 6.02. The monoisotopic (exact) mass is 782 g/mol. The molecule has 3 aromatic carbocycles. The maximum Gasteiger partial charge on any atom is 0.249 e. The van der Waals surface area contributed by atoms with Crippen molar-refractivity contribution in [3.63, 3.8) is 0 Å². The van der Waals surface area contributed by atoms with Crippen LogP contribution in [0, 0.1) is 0 Å². The van der Waals surface area contributed by atoms with Crippen LogP contribution in [-0.4, -0.2) is 95.0 Å². The first kappa shape index (κ1) is 36.9. The summed E-state index contributed by atoms with van der Waals surface area (Å²) in [5.74, 6) is 1.81. The van der Waals surface area contributed by atoms with Crippen molar-refractivity contribution in [3.8, 4) is 22.8 Å². The standard InChI is InChI=1S/C46H54N8O4/c47-45-42(26-39(49-50-45)38-7-1-2-10-43(38)55)52-27-32-15-16-33(28-52)54(32)31-5-3-6-35(25-31)58-34-19-22-51(23-20-34)30-13-11-29(12-14-30)36-8-4-9-40-37(36)21-24-53(40)41-17-18-44(56)48-46(41)57/h1-10,25-26,29-30,32-34,41,55H,11-24,27-28H2,(H2,47,50)(H,48,56,57)/t29?,30?,32-,33+,41-/m1/s1. The number of benzene rings is 3. The number of piperidine rings is 2. The number of para-hydroxylation sites is 1. The van der Waals surface area contributed by atoms with Gasteiger partial charge in [0.15, 0.2) is 5.82 Å². The number of carbonyl (C=O) groups is 2. The van der Waals surface area contributed by atoms with Gasteiger partial charge >= 0.3 is 0 Å². The zero-order valence-corrected chi connectivity index (χ0v) is 33.1. The van der Waals surface area contributed by atoms with Crippen LogP contribution < -0.4 is 30.5 Å². The maximum absolute atomic E-state index is 12.7. The number of fused-ring (bicyclic) bond motifs is 3. The molecule has 6 aliphatic rings. The highest BCUT2D eigenvalue weighted by Crippen LogP contribution is 2.43. The van der Waals surface area contributed by atoms with Gasteiger partial charge in [0, 0.05) is 80.3 Å². The third kappa shape index (κ3) is 6.99. The predicted molar refractivity (Wildman–Crippen MR) is 225 cm³/mol. The van der Waals surface area contributed by atoms with Gasteiger partial charge in [0.25, 0.3) is 0 Å². The summed E-state index contributed by atoms with van der Waals surface area (Å²) in [6.45, 7) is 4.68. The summed E-state index contributed by atoms with van der Waals surface area (Å²) in [6, 6.07) is 25.6. The molecule has 1 aromatic heterocycles. The van der Waals surface area contributed by atoms with E-state index in [0.717, 1.165) is 76.3 Å². The molecule has 3 atom stereocenters. The normalized spacial score (nSPS) is 26.5. The zero-order valence-electron chi connectivity index (χ0n) is 33.1. The number of amides is 2. The van der Waals surface area contributed by atoms with Crippen LogP contribution in [0.2, 0.25) is 0 Å². The Kier molecular flexibility index (Phi) is 9.83. The highest BCUT2D eigenvalue weighted by atomic mass is 16.5. The number of piperazine rings is 1. The molecule has 2 bridgehead atoms. The molecule has 10 rings (SSSR count). The number of anilines is 4. The number of hydrogen-bond donors (Lipinski definition) is 3. The molecular weight excluding hydrogens is 729 g/mol. The fourth-order valence-electron chi connectivity index (χ4n) is 11.2. The lowest BCUT2D eigenvalue weighted by Crippen LogP contribution is -2.54. The van der Waals surface area contributed by atoms with Crippen LogP contribution in [0.25, 0.3) is 11.3 Å². The van der Waals surface area contributed by atoms with E-state index >= 15 is 0 Å². The lowest BCUT2D eigenvalue weighted by molar-refractivity contribution is -0.134. The van der Waals surface area contributed by atoms with Crippen LogP contribution in [0.5, 0.6) is 11.5 Å². The number of aromatic nitrogens is 2. The average molecular weight is 783 g/mol. The van der Waals surface area contributed by atoms with Crippen LogP contribution in [0.3, 0.4) is 0 Å². The molecule has 5 fully saturated rings. The van der Waals surface area contributed by atoms with Gasteiger partial charge < -0.3 is 35.2 Å². The molecule has 5 aliphatic heterocycles. The Hall–Kier alpha value is -5.36. The van der Waals surface area contributed by atoms with E-state index in [9.17, 15) is 14.7 Å². The number of nitrogens with one attached hydrogen (secondary N) is 1. The fraction of sp³-hybridized carbons (Fsp3) is 0.478. The van der Waals surface area contributed by atoms with Crippen LogP contribution in [-0.2, 0) is 16.0 Å². The van der Waals surface area contributed by atoms with E-state index in [1.165, 1.54) is 48.2 Å². The average Bonchev–Trinajstić information content (AvgIpc) is 3.79. The summed E-state index contributed by atoms with van der Waals surface area (Å²) < 4.78 is 6.70. The number of hydrogen-bond acceptors (Lipinski definition) is 11. The molecule has 1 aliphatic carbocycles. The number of nitrogens with two attached hydrogens (primary N) is 1. The molecule has 12 nitrogen and oxygen atoms in total. The van der Waals surface area contributed by atoms with E-state index in [4.69, 9.17) is 10.5 Å². The quantitative estimate of drug-likeness (QED) is 0.181. The third-order valence-corrected chi connectivity index (χ3v) is 14.0. The molecule has 4 aromatic rings. The largest absolute Gasteiger partial charge is 0.507 e. The number of nitrogen functional groups attached to an aromatic ring is 1. The second kappa shape index (κ2) is 15.4. The molecule has 1 saturated carbocycles. The lowest BCUT2D eigenvalue weighted by atomic mass is 9.79. The Morgan fingerprint density at radius 3 is 2.28 bits per heavy atom. The summed E-state index contributed by atoms with van der Waals surface area (Å²) >= 11 is 0. The second-order valence-electron chi connectivity index (χ2n) is 17.3. The van der Waals surface area contributed by atoms with Crippen molar-refractivity contribution in [3.05, 3.63) is 83.9 Å². The van der Waals surface area contributed by atoms with Gasteiger partial charge in [0.05, 0.1) is 11.4 Å². The summed E-state index contributed by atoms with van der Waals surface area (Å²) in [5.41, 5.74) is 13.9. The van der Waals surface area contributed by atoms with E-state index in [0.29, 0.717) is 54.0 Å². The number of nitrogens with zero attached hydrogens (tertiary/aromatic N) is 6. The predicted octanol–water partition coefficient (Wildman–Crippen LogP) is 6.03. The summed E-state index contributed by atoms with van der Waals surface area (Å²) in [4.78, 5) is 34.4.